The molecule has 17 heavy (non-hydrogen) atoms. The van der Waals surface area contributed by atoms with Crippen molar-refractivity contribution in [1.82, 2.24) is 0 Å². The number of nitrogen functional groups attached to an aromatic ring is 1. The van der Waals surface area contributed by atoms with E-state index in [0.717, 1.165) is 6.42 Å². The normalized spacial score (nSPS) is 10.2. The molecule has 0 unspecified atom stereocenters. The topological polar surface area (TPSA) is 61.5 Å². The lowest BCUT2D eigenvalue weighted by molar-refractivity contribution is 0.0318. The van der Waals surface area contributed by atoms with E-state index in [1.165, 1.54) is 0 Å². The zero-order valence-electron chi connectivity index (χ0n) is 9.74. The minimum atomic E-state index is -0.399. The summed E-state index contributed by atoms with van der Waals surface area (Å²) in [7, 11) is 0. The van der Waals surface area contributed by atoms with Gasteiger partial charge in [0.25, 0.3) is 0 Å². The standard InChI is InChI=1S/C12H16BrNO3/c1-2-6-16-7-8-17-12(15)9-4-3-5-10(14)11(9)13/h3-5H,2,6-8,14H2,1H3. The second kappa shape index (κ2) is 7.29. The number of hydrogen-bond acceptors (Lipinski definition) is 4. The van der Waals surface area contributed by atoms with Crippen LogP contribution in [0.25, 0.3) is 0 Å². The number of nitrogens with two attached hydrogens (primary N) is 1. The van der Waals surface area contributed by atoms with Crippen molar-refractivity contribution >= 4 is 27.6 Å². The van der Waals surface area contributed by atoms with Gasteiger partial charge in [0.15, 0.2) is 0 Å². The number of carbonyl (C=O) groups is 1. The molecular weight excluding hydrogens is 286 g/mol. The van der Waals surface area contributed by atoms with Crippen LogP contribution in [-0.4, -0.2) is 25.8 Å². The molecule has 94 valence electrons. The van der Waals surface area contributed by atoms with E-state index in [0.29, 0.717) is 28.9 Å². The van der Waals surface area contributed by atoms with Gasteiger partial charge in [-0.15, -0.1) is 0 Å². The first-order valence-corrected chi connectivity index (χ1v) is 6.25. The Balaban J connectivity index is 2.44. The lowest BCUT2D eigenvalue weighted by Crippen LogP contribution is -2.12. The van der Waals surface area contributed by atoms with Crippen LogP contribution < -0.4 is 5.73 Å². The van der Waals surface area contributed by atoms with Crippen LogP contribution in [0.3, 0.4) is 0 Å². The van der Waals surface area contributed by atoms with Crippen molar-refractivity contribution in [2.45, 2.75) is 13.3 Å². The van der Waals surface area contributed by atoms with Crippen LogP contribution in [0, 0.1) is 0 Å². The third-order valence-electron chi connectivity index (χ3n) is 2.06. The molecule has 0 atom stereocenters. The number of esters is 1. The van der Waals surface area contributed by atoms with Gasteiger partial charge >= 0.3 is 5.97 Å². The molecule has 0 aliphatic carbocycles. The number of carbonyl (C=O) groups excluding carboxylic acids is 1. The van der Waals surface area contributed by atoms with Gasteiger partial charge in [-0.1, -0.05) is 13.0 Å². The van der Waals surface area contributed by atoms with Gasteiger partial charge in [0.05, 0.1) is 16.6 Å². The highest BCUT2D eigenvalue weighted by atomic mass is 79.9. The van der Waals surface area contributed by atoms with Gasteiger partial charge in [-0.3, -0.25) is 0 Å². The maximum atomic E-state index is 11.7. The summed E-state index contributed by atoms with van der Waals surface area (Å²) in [6.07, 6.45) is 0.953. The first kappa shape index (κ1) is 14.0. The Morgan fingerprint density at radius 2 is 2.12 bits per heavy atom. The van der Waals surface area contributed by atoms with Gasteiger partial charge in [-0.25, -0.2) is 4.79 Å². The highest BCUT2D eigenvalue weighted by molar-refractivity contribution is 9.10. The van der Waals surface area contributed by atoms with E-state index in [-0.39, 0.29) is 6.61 Å². The molecule has 1 rings (SSSR count). The van der Waals surface area contributed by atoms with Gasteiger partial charge in [-0.2, -0.15) is 0 Å². The van der Waals surface area contributed by atoms with Crippen molar-refractivity contribution in [2.75, 3.05) is 25.6 Å². The van der Waals surface area contributed by atoms with E-state index in [9.17, 15) is 4.79 Å². The summed E-state index contributed by atoms with van der Waals surface area (Å²) >= 11 is 3.26. The molecule has 0 aliphatic rings. The Hall–Kier alpha value is -1.07. The molecule has 4 nitrogen and oxygen atoms in total. The summed E-state index contributed by atoms with van der Waals surface area (Å²) < 4.78 is 10.8. The van der Waals surface area contributed by atoms with Crippen molar-refractivity contribution in [3.05, 3.63) is 28.2 Å². The lowest BCUT2D eigenvalue weighted by atomic mass is 10.2. The van der Waals surface area contributed by atoms with Gasteiger partial charge < -0.3 is 15.2 Å². The molecular formula is C12H16BrNO3. The highest BCUT2D eigenvalue weighted by Crippen LogP contribution is 2.24. The third-order valence-corrected chi connectivity index (χ3v) is 2.94. The third kappa shape index (κ3) is 4.36. The Kier molecular flexibility index (Phi) is 6.00. The number of halogens is 1. The molecule has 0 saturated carbocycles. The second-order valence-corrected chi connectivity index (χ2v) is 4.25. The highest BCUT2D eigenvalue weighted by Gasteiger charge is 2.12. The van der Waals surface area contributed by atoms with Crippen LogP contribution in [0.2, 0.25) is 0 Å². The summed E-state index contributed by atoms with van der Waals surface area (Å²) in [6.45, 7) is 3.37. The van der Waals surface area contributed by atoms with Crippen LogP contribution in [-0.2, 0) is 9.47 Å². The van der Waals surface area contributed by atoms with E-state index in [4.69, 9.17) is 15.2 Å². The predicted octanol–water partition coefficient (Wildman–Crippen LogP) is 2.61. The maximum absolute atomic E-state index is 11.7. The van der Waals surface area contributed by atoms with Crippen LogP contribution in [0.1, 0.15) is 23.7 Å². The van der Waals surface area contributed by atoms with Crippen molar-refractivity contribution < 1.29 is 14.3 Å². The average molecular weight is 302 g/mol. The number of ether oxygens (including phenoxy) is 2. The van der Waals surface area contributed by atoms with Crippen LogP contribution in [0.15, 0.2) is 22.7 Å². The molecule has 1 aromatic rings. The first-order chi connectivity index (χ1) is 8.16. The van der Waals surface area contributed by atoms with E-state index >= 15 is 0 Å². The fourth-order valence-corrected chi connectivity index (χ4v) is 1.65. The van der Waals surface area contributed by atoms with Gasteiger partial charge in [-0.05, 0) is 34.5 Å². The molecule has 0 aromatic heterocycles. The molecule has 0 radical (unpaired) electrons. The molecule has 0 amide bonds. The number of anilines is 1. The molecule has 0 spiro atoms. The Bertz CT molecular complexity index is 382. The zero-order chi connectivity index (χ0) is 12.7. The van der Waals surface area contributed by atoms with Crippen molar-refractivity contribution in [3.63, 3.8) is 0 Å². The Morgan fingerprint density at radius 1 is 1.35 bits per heavy atom. The Labute approximate surface area is 109 Å². The second-order valence-electron chi connectivity index (χ2n) is 3.46. The minimum absolute atomic E-state index is 0.250. The quantitative estimate of drug-likeness (QED) is 0.498. The minimum Gasteiger partial charge on any atom is -0.460 e. The van der Waals surface area contributed by atoms with Gasteiger partial charge in [0.2, 0.25) is 0 Å². The molecule has 0 fully saturated rings. The molecule has 0 saturated heterocycles. The van der Waals surface area contributed by atoms with Crippen molar-refractivity contribution in [3.8, 4) is 0 Å². The fraction of sp³-hybridized carbons (Fsp3) is 0.417. The zero-order valence-corrected chi connectivity index (χ0v) is 11.3. The number of rotatable bonds is 6. The van der Waals surface area contributed by atoms with E-state index in [1.54, 1.807) is 18.2 Å². The van der Waals surface area contributed by atoms with Gasteiger partial charge in [0, 0.05) is 12.3 Å². The van der Waals surface area contributed by atoms with E-state index in [2.05, 4.69) is 15.9 Å². The first-order valence-electron chi connectivity index (χ1n) is 5.45. The molecule has 0 heterocycles. The molecule has 2 N–H and O–H groups in total. The number of hydrogen-bond donors (Lipinski definition) is 1. The van der Waals surface area contributed by atoms with Crippen LogP contribution in [0.5, 0.6) is 0 Å². The molecule has 0 aliphatic heterocycles. The van der Waals surface area contributed by atoms with Gasteiger partial charge in [0.1, 0.15) is 6.61 Å². The van der Waals surface area contributed by atoms with E-state index in [1.807, 2.05) is 6.92 Å². The van der Waals surface area contributed by atoms with Crippen molar-refractivity contribution in [2.24, 2.45) is 0 Å². The average Bonchev–Trinajstić information content (AvgIpc) is 2.32. The summed E-state index contributed by atoms with van der Waals surface area (Å²) in [5.74, 6) is -0.399. The SMILES string of the molecule is CCCOCCOC(=O)c1cccc(N)c1Br. The van der Waals surface area contributed by atoms with Crippen molar-refractivity contribution in [1.29, 1.82) is 0 Å². The number of benzene rings is 1. The molecule has 0 bridgehead atoms. The summed E-state index contributed by atoms with van der Waals surface area (Å²) in [4.78, 5) is 11.7. The molecule has 1 aromatic carbocycles. The maximum Gasteiger partial charge on any atom is 0.339 e. The van der Waals surface area contributed by atoms with Crippen LogP contribution in [0.4, 0.5) is 5.69 Å². The largest absolute Gasteiger partial charge is 0.460 e. The summed E-state index contributed by atoms with van der Waals surface area (Å²) in [5.41, 5.74) is 6.62. The van der Waals surface area contributed by atoms with E-state index < -0.39 is 5.97 Å². The predicted molar refractivity (Wildman–Crippen MR) is 69.9 cm³/mol. The smallest absolute Gasteiger partial charge is 0.339 e. The molecule has 5 heteroatoms. The summed E-state index contributed by atoms with van der Waals surface area (Å²) in [6, 6.07) is 5.09. The monoisotopic (exact) mass is 301 g/mol. The fourth-order valence-electron chi connectivity index (χ4n) is 1.22. The summed E-state index contributed by atoms with van der Waals surface area (Å²) in [5, 5.41) is 0. The lowest BCUT2D eigenvalue weighted by Gasteiger charge is -2.07. The van der Waals surface area contributed by atoms with Crippen LogP contribution >= 0.6 is 15.9 Å². The Morgan fingerprint density at radius 3 is 2.82 bits per heavy atom.